The van der Waals surface area contributed by atoms with Crippen LogP contribution in [0.5, 0.6) is 0 Å². The molecule has 0 atom stereocenters. The van der Waals surface area contributed by atoms with E-state index >= 15 is 0 Å². The van der Waals surface area contributed by atoms with Crippen LogP contribution in [0.3, 0.4) is 0 Å². The fourth-order valence-electron chi connectivity index (χ4n) is 1.08. The summed E-state index contributed by atoms with van der Waals surface area (Å²) in [5.41, 5.74) is 1.39. The quantitative estimate of drug-likeness (QED) is 0.567. The first-order chi connectivity index (χ1) is 7.37. The highest BCUT2D eigenvalue weighted by Gasteiger charge is 2.13. The second-order valence-electron chi connectivity index (χ2n) is 4.60. The number of aromatic nitrogens is 1. The van der Waals surface area contributed by atoms with E-state index in [-0.39, 0.29) is 5.97 Å². The Balaban J connectivity index is 2.60. The molecule has 0 bridgehead atoms. The molecular formula is C13H17NO2. The number of carbonyl (C=O) groups is 1. The second kappa shape index (κ2) is 4.92. The Kier molecular flexibility index (Phi) is 3.82. The smallest absolute Gasteiger partial charge is 0.331 e. The van der Waals surface area contributed by atoms with E-state index in [0.717, 1.165) is 11.3 Å². The van der Waals surface area contributed by atoms with Gasteiger partial charge in [-0.05, 0) is 45.4 Å². The Labute approximate surface area is 96.2 Å². The largest absolute Gasteiger partial charge is 0.457 e. The number of carbonyl (C=O) groups excluding carboxylic acids is 1. The molecule has 0 saturated carbocycles. The highest BCUT2D eigenvalue weighted by molar-refractivity contribution is 5.87. The van der Waals surface area contributed by atoms with Crippen LogP contribution in [0.2, 0.25) is 0 Å². The third kappa shape index (κ3) is 4.73. The molecule has 0 spiro atoms. The van der Waals surface area contributed by atoms with E-state index in [4.69, 9.17) is 4.74 Å². The lowest BCUT2D eigenvalue weighted by atomic mass is 10.2. The lowest BCUT2D eigenvalue weighted by molar-refractivity contribution is -0.148. The summed E-state index contributed by atoms with van der Waals surface area (Å²) in [6.07, 6.45) is 4.83. The first-order valence-electron chi connectivity index (χ1n) is 5.20. The summed E-state index contributed by atoms with van der Waals surface area (Å²) >= 11 is 0. The van der Waals surface area contributed by atoms with Gasteiger partial charge in [0.1, 0.15) is 5.60 Å². The molecule has 1 rings (SSSR count). The van der Waals surface area contributed by atoms with Gasteiger partial charge in [-0.2, -0.15) is 0 Å². The average molecular weight is 219 g/mol. The minimum atomic E-state index is -0.451. The summed E-state index contributed by atoms with van der Waals surface area (Å²) in [5, 5.41) is 0. The summed E-state index contributed by atoms with van der Waals surface area (Å²) < 4.78 is 5.14. The van der Waals surface area contributed by atoms with Crippen LogP contribution in [0.1, 0.15) is 32.0 Å². The molecule has 0 unspecified atom stereocenters. The van der Waals surface area contributed by atoms with Crippen LogP contribution < -0.4 is 0 Å². The van der Waals surface area contributed by atoms with Crippen molar-refractivity contribution in [3.05, 3.63) is 35.7 Å². The van der Waals surface area contributed by atoms with Crippen molar-refractivity contribution in [3.63, 3.8) is 0 Å². The van der Waals surface area contributed by atoms with Gasteiger partial charge in [0.05, 0.1) is 0 Å². The zero-order valence-electron chi connectivity index (χ0n) is 10.2. The minimum Gasteiger partial charge on any atom is -0.457 e. The molecule has 1 aromatic rings. The van der Waals surface area contributed by atoms with Gasteiger partial charge < -0.3 is 4.74 Å². The number of pyridine rings is 1. The third-order valence-electron chi connectivity index (χ3n) is 1.75. The molecule has 0 radical (unpaired) electrons. The van der Waals surface area contributed by atoms with Crippen molar-refractivity contribution in [1.29, 1.82) is 0 Å². The van der Waals surface area contributed by atoms with Crippen molar-refractivity contribution < 1.29 is 9.53 Å². The normalized spacial score (nSPS) is 11.8. The molecule has 0 aliphatic rings. The zero-order valence-corrected chi connectivity index (χ0v) is 10.2. The van der Waals surface area contributed by atoms with E-state index < -0.39 is 5.60 Å². The van der Waals surface area contributed by atoms with Crippen molar-refractivity contribution in [3.8, 4) is 0 Å². The molecule has 1 heterocycles. The molecular weight excluding hydrogens is 202 g/mol. The lowest BCUT2D eigenvalue weighted by Crippen LogP contribution is -2.22. The molecule has 0 saturated heterocycles. The van der Waals surface area contributed by atoms with Crippen molar-refractivity contribution in [1.82, 2.24) is 4.98 Å². The predicted octanol–water partition coefficient (Wildman–Crippen LogP) is 2.74. The van der Waals surface area contributed by atoms with Crippen LogP contribution in [0.4, 0.5) is 0 Å². The van der Waals surface area contributed by atoms with Gasteiger partial charge >= 0.3 is 5.97 Å². The van der Waals surface area contributed by atoms with Gasteiger partial charge in [0.25, 0.3) is 0 Å². The maximum Gasteiger partial charge on any atom is 0.331 e. The Bertz CT molecular complexity index is 385. The maximum atomic E-state index is 11.4. The summed E-state index contributed by atoms with van der Waals surface area (Å²) in [6, 6.07) is 3.80. The van der Waals surface area contributed by atoms with E-state index in [1.165, 1.54) is 6.08 Å². The Morgan fingerprint density at radius 3 is 2.56 bits per heavy atom. The monoisotopic (exact) mass is 219 g/mol. The number of aryl methyl sites for hydroxylation is 1. The van der Waals surface area contributed by atoms with Gasteiger partial charge in [0.15, 0.2) is 0 Å². The molecule has 1 aromatic heterocycles. The van der Waals surface area contributed by atoms with Crippen molar-refractivity contribution >= 4 is 12.0 Å². The number of nitrogens with zero attached hydrogens (tertiary/aromatic N) is 1. The molecule has 16 heavy (non-hydrogen) atoms. The van der Waals surface area contributed by atoms with E-state index in [1.54, 1.807) is 12.3 Å². The molecule has 0 aliphatic heterocycles. The maximum absolute atomic E-state index is 11.4. The van der Waals surface area contributed by atoms with Crippen LogP contribution in [0.15, 0.2) is 24.4 Å². The first kappa shape index (κ1) is 12.4. The average Bonchev–Trinajstić information content (AvgIpc) is 2.14. The summed E-state index contributed by atoms with van der Waals surface area (Å²) in [5.74, 6) is -0.340. The second-order valence-corrected chi connectivity index (χ2v) is 4.60. The Morgan fingerprint density at radius 2 is 2.06 bits per heavy atom. The van der Waals surface area contributed by atoms with Gasteiger partial charge in [0.2, 0.25) is 0 Å². The van der Waals surface area contributed by atoms with Crippen LogP contribution in [0, 0.1) is 6.92 Å². The number of ether oxygens (including phenoxy) is 1. The SMILES string of the molecule is Cc1ccc(C=CC(=O)OC(C)(C)C)cn1. The molecule has 0 amide bonds. The fourth-order valence-corrected chi connectivity index (χ4v) is 1.08. The third-order valence-corrected chi connectivity index (χ3v) is 1.75. The summed E-state index contributed by atoms with van der Waals surface area (Å²) in [6.45, 7) is 7.44. The number of hydrogen-bond acceptors (Lipinski definition) is 3. The van der Waals surface area contributed by atoms with Gasteiger partial charge in [-0.15, -0.1) is 0 Å². The standard InChI is InChI=1S/C13H17NO2/c1-10-5-6-11(9-14-10)7-8-12(15)16-13(2,3)4/h5-9H,1-4H3. The van der Waals surface area contributed by atoms with E-state index in [1.807, 2.05) is 39.8 Å². The van der Waals surface area contributed by atoms with Crippen molar-refractivity contribution in [2.24, 2.45) is 0 Å². The van der Waals surface area contributed by atoms with Crippen LogP contribution in [-0.4, -0.2) is 16.6 Å². The molecule has 3 heteroatoms. The summed E-state index contributed by atoms with van der Waals surface area (Å²) in [7, 11) is 0. The molecule has 0 aromatic carbocycles. The van der Waals surface area contributed by atoms with E-state index in [9.17, 15) is 4.79 Å². The molecule has 86 valence electrons. The number of esters is 1. The highest BCUT2D eigenvalue weighted by Crippen LogP contribution is 2.08. The van der Waals surface area contributed by atoms with Crippen LogP contribution in [-0.2, 0) is 9.53 Å². The minimum absolute atomic E-state index is 0.340. The zero-order chi connectivity index (χ0) is 12.2. The van der Waals surface area contributed by atoms with Gasteiger partial charge in [-0.25, -0.2) is 4.79 Å². The van der Waals surface area contributed by atoms with Crippen molar-refractivity contribution in [2.45, 2.75) is 33.3 Å². The first-order valence-corrected chi connectivity index (χ1v) is 5.20. The number of hydrogen-bond donors (Lipinski definition) is 0. The topological polar surface area (TPSA) is 39.2 Å². The van der Waals surface area contributed by atoms with Gasteiger partial charge in [-0.1, -0.05) is 6.07 Å². The molecule has 0 N–H and O–H groups in total. The predicted molar refractivity (Wildman–Crippen MR) is 63.9 cm³/mol. The van der Waals surface area contributed by atoms with Crippen LogP contribution in [0.25, 0.3) is 6.08 Å². The highest BCUT2D eigenvalue weighted by atomic mass is 16.6. The van der Waals surface area contributed by atoms with E-state index in [0.29, 0.717) is 0 Å². The number of rotatable bonds is 2. The summed E-state index contributed by atoms with van der Waals surface area (Å²) in [4.78, 5) is 15.5. The van der Waals surface area contributed by atoms with Gasteiger partial charge in [0, 0.05) is 18.0 Å². The van der Waals surface area contributed by atoms with E-state index in [2.05, 4.69) is 4.98 Å². The fraction of sp³-hybridized carbons (Fsp3) is 0.385. The van der Waals surface area contributed by atoms with Crippen molar-refractivity contribution in [2.75, 3.05) is 0 Å². The lowest BCUT2D eigenvalue weighted by Gasteiger charge is -2.17. The van der Waals surface area contributed by atoms with Gasteiger partial charge in [-0.3, -0.25) is 4.98 Å². The molecule has 0 aliphatic carbocycles. The molecule has 0 fully saturated rings. The Hall–Kier alpha value is -1.64. The Morgan fingerprint density at radius 1 is 1.38 bits per heavy atom. The van der Waals surface area contributed by atoms with Crippen LogP contribution >= 0.6 is 0 Å². The molecule has 3 nitrogen and oxygen atoms in total.